The van der Waals surface area contributed by atoms with Crippen molar-refractivity contribution in [3.63, 3.8) is 0 Å². The Morgan fingerprint density at radius 1 is 1.44 bits per heavy atom. The highest BCUT2D eigenvalue weighted by atomic mass is 15.4. The summed E-state index contributed by atoms with van der Waals surface area (Å²) in [6, 6.07) is 2.19. The average Bonchev–Trinajstić information content (AvgIpc) is 2.82. The smallest absolute Gasteiger partial charge is 0.111 e. The van der Waals surface area contributed by atoms with E-state index in [2.05, 4.69) is 29.3 Å². The summed E-state index contributed by atoms with van der Waals surface area (Å²) < 4.78 is 3.68. The fourth-order valence-electron chi connectivity index (χ4n) is 1.70. The minimum absolute atomic E-state index is 0.248. The van der Waals surface area contributed by atoms with E-state index in [-0.39, 0.29) is 6.04 Å². The zero-order chi connectivity index (χ0) is 11.7. The normalized spacial score (nSPS) is 11.3. The van der Waals surface area contributed by atoms with Crippen LogP contribution in [0.15, 0.2) is 12.3 Å². The maximum absolute atomic E-state index is 5.67. The minimum Gasteiger partial charge on any atom is -0.325 e. The van der Waals surface area contributed by atoms with Crippen molar-refractivity contribution in [2.24, 2.45) is 12.8 Å². The summed E-state index contributed by atoms with van der Waals surface area (Å²) in [6.45, 7) is 4.51. The van der Waals surface area contributed by atoms with Crippen molar-refractivity contribution >= 4 is 0 Å². The van der Waals surface area contributed by atoms with Gasteiger partial charge in [0.05, 0.1) is 5.69 Å². The lowest BCUT2D eigenvalue weighted by Gasteiger charge is -2.10. The van der Waals surface area contributed by atoms with Crippen LogP contribution in [-0.4, -0.2) is 24.8 Å². The molecule has 0 fully saturated rings. The largest absolute Gasteiger partial charge is 0.325 e. The molecule has 6 heteroatoms. The Morgan fingerprint density at radius 2 is 2.19 bits per heavy atom. The SMILES string of the molecule is CC(C)n1nnc(CN)c1-c1ccnn1C. The maximum atomic E-state index is 5.67. The van der Waals surface area contributed by atoms with E-state index in [1.54, 1.807) is 10.9 Å². The van der Waals surface area contributed by atoms with Gasteiger partial charge < -0.3 is 5.73 Å². The fraction of sp³-hybridized carbons (Fsp3) is 0.500. The molecule has 0 atom stereocenters. The second kappa shape index (κ2) is 4.05. The van der Waals surface area contributed by atoms with E-state index in [1.165, 1.54) is 0 Å². The summed E-state index contributed by atoms with van der Waals surface area (Å²) in [6.07, 6.45) is 1.76. The number of nitrogens with zero attached hydrogens (tertiary/aromatic N) is 5. The van der Waals surface area contributed by atoms with Crippen molar-refractivity contribution in [3.8, 4) is 11.4 Å². The lowest BCUT2D eigenvalue weighted by atomic mass is 10.2. The van der Waals surface area contributed by atoms with Crippen LogP contribution in [0.5, 0.6) is 0 Å². The number of hydrogen-bond acceptors (Lipinski definition) is 4. The molecule has 0 saturated heterocycles. The van der Waals surface area contributed by atoms with E-state index >= 15 is 0 Å². The quantitative estimate of drug-likeness (QED) is 0.827. The van der Waals surface area contributed by atoms with E-state index in [9.17, 15) is 0 Å². The van der Waals surface area contributed by atoms with Gasteiger partial charge in [-0.3, -0.25) is 4.68 Å². The van der Waals surface area contributed by atoms with Crippen LogP contribution in [0.25, 0.3) is 11.4 Å². The van der Waals surface area contributed by atoms with Gasteiger partial charge in [0.25, 0.3) is 0 Å². The lowest BCUT2D eigenvalue weighted by molar-refractivity contribution is 0.517. The van der Waals surface area contributed by atoms with E-state index in [0.717, 1.165) is 17.1 Å². The van der Waals surface area contributed by atoms with Crippen molar-refractivity contribution < 1.29 is 0 Å². The van der Waals surface area contributed by atoms with E-state index < -0.39 is 0 Å². The van der Waals surface area contributed by atoms with Crippen LogP contribution < -0.4 is 5.73 Å². The Bertz CT molecular complexity index is 481. The molecular weight excluding hydrogens is 204 g/mol. The predicted molar refractivity (Wildman–Crippen MR) is 60.5 cm³/mol. The van der Waals surface area contributed by atoms with Crippen molar-refractivity contribution in [2.45, 2.75) is 26.4 Å². The minimum atomic E-state index is 0.248. The van der Waals surface area contributed by atoms with Gasteiger partial charge in [0.2, 0.25) is 0 Å². The van der Waals surface area contributed by atoms with Gasteiger partial charge in [-0.1, -0.05) is 5.21 Å². The number of nitrogens with two attached hydrogens (primary N) is 1. The Balaban J connectivity index is 2.61. The van der Waals surface area contributed by atoms with Gasteiger partial charge in [0, 0.05) is 25.8 Å². The molecule has 0 aliphatic carbocycles. The lowest BCUT2D eigenvalue weighted by Crippen LogP contribution is -2.09. The zero-order valence-electron chi connectivity index (χ0n) is 9.75. The summed E-state index contributed by atoms with van der Waals surface area (Å²) in [5.41, 5.74) is 8.42. The van der Waals surface area contributed by atoms with Crippen molar-refractivity contribution in [2.75, 3.05) is 0 Å². The summed E-state index contributed by atoms with van der Waals surface area (Å²) in [5, 5.41) is 12.4. The molecule has 0 amide bonds. The molecular formula is C10H16N6. The van der Waals surface area contributed by atoms with Gasteiger partial charge in [-0.15, -0.1) is 5.10 Å². The van der Waals surface area contributed by atoms with Crippen molar-refractivity contribution in [3.05, 3.63) is 18.0 Å². The van der Waals surface area contributed by atoms with E-state index in [1.807, 2.05) is 17.8 Å². The molecule has 2 aromatic rings. The van der Waals surface area contributed by atoms with Crippen LogP contribution in [0.4, 0.5) is 0 Å². The summed E-state index contributed by atoms with van der Waals surface area (Å²) in [4.78, 5) is 0. The Kier molecular flexibility index (Phi) is 2.74. The number of hydrogen-bond donors (Lipinski definition) is 1. The Labute approximate surface area is 94.1 Å². The van der Waals surface area contributed by atoms with Crippen LogP contribution in [0.3, 0.4) is 0 Å². The molecule has 16 heavy (non-hydrogen) atoms. The van der Waals surface area contributed by atoms with Gasteiger partial charge in [-0.25, -0.2) is 4.68 Å². The predicted octanol–water partition coefficient (Wildman–Crippen LogP) is 0.718. The van der Waals surface area contributed by atoms with Crippen molar-refractivity contribution in [1.29, 1.82) is 0 Å². The molecule has 0 saturated carbocycles. The molecule has 0 aliphatic heterocycles. The third kappa shape index (κ3) is 1.61. The average molecular weight is 220 g/mol. The highest BCUT2D eigenvalue weighted by Gasteiger charge is 2.17. The summed E-state index contributed by atoms with van der Waals surface area (Å²) >= 11 is 0. The zero-order valence-corrected chi connectivity index (χ0v) is 9.75. The first kappa shape index (κ1) is 10.8. The molecule has 0 bridgehead atoms. The second-order valence-electron chi connectivity index (χ2n) is 3.97. The first-order valence-corrected chi connectivity index (χ1v) is 5.27. The molecule has 0 unspecified atom stereocenters. The Hall–Kier alpha value is -1.69. The van der Waals surface area contributed by atoms with Gasteiger partial charge in [0.1, 0.15) is 11.4 Å². The molecule has 0 aromatic carbocycles. The molecule has 6 nitrogen and oxygen atoms in total. The van der Waals surface area contributed by atoms with Crippen LogP contribution >= 0.6 is 0 Å². The number of rotatable bonds is 3. The highest BCUT2D eigenvalue weighted by molar-refractivity contribution is 5.57. The first-order chi connectivity index (χ1) is 7.65. The van der Waals surface area contributed by atoms with E-state index in [0.29, 0.717) is 6.54 Å². The molecule has 2 N–H and O–H groups in total. The third-order valence-corrected chi connectivity index (χ3v) is 2.51. The van der Waals surface area contributed by atoms with Gasteiger partial charge in [0.15, 0.2) is 0 Å². The van der Waals surface area contributed by atoms with Gasteiger partial charge >= 0.3 is 0 Å². The van der Waals surface area contributed by atoms with Crippen LogP contribution in [0.2, 0.25) is 0 Å². The first-order valence-electron chi connectivity index (χ1n) is 5.27. The standard InChI is InChI=1S/C10H16N6/c1-7(2)16-10(8(6-11)13-14-16)9-4-5-12-15(9)3/h4-5,7H,6,11H2,1-3H3. The molecule has 2 rings (SSSR count). The fourth-order valence-corrected chi connectivity index (χ4v) is 1.70. The Morgan fingerprint density at radius 3 is 2.69 bits per heavy atom. The molecule has 2 aromatic heterocycles. The monoisotopic (exact) mass is 220 g/mol. The topological polar surface area (TPSA) is 74.6 Å². The summed E-state index contributed by atoms with van der Waals surface area (Å²) in [5.74, 6) is 0. The van der Waals surface area contributed by atoms with E-state index in [4.69, 9.17) is 5.73 Å². The maximum Gasteiger partial charge on any atom is 0.111 e. The molecule has 0 radical (unpaired) electrons. The number of aryl methyl sites for hydroxylation is 1. The van der Waals surface area contributed by atoms with Crippen LogP contribution in [0.1, 0.15) is 25.6 Å². The summed E-state index contributed by atoms with van der Waals surface area (Å²) in [7, 11) is 1.90. The molecule has 0 aliphatic rings. The molecule has 0 spiro atoms. The van der Waals surface area contributed by atoms with Crippen molar-refractivity contribution in [1.82, 2.24) is 24.8 Å². The second-order valence-corrected chi connectivity index (χ2v) is 3.97. The number of aromatic nitrogens is 5. The highest BCUT2D eigenvalue weighted by Crippen LogP contribution is 2.23. The van der Waals surface area contributed by atoms with Gasteiger partial charge in [-0.05, 0) is 19.9 Å². The molecule has 2 heterocycles. The van der Waals surface area contributed by atoms with Crippen LogP contribution in [0, 0.1) is 0 Å². The molecule has 86 valence electrons. The van der Waals surface area contributed by atoms with Gasteiger partial charge in [-0.2, -0.15) is 5.10 Å². The third-order valence-electron chi connectivity index (χ3n) is 2.51. The van der Waals surface area contributed by atoms with Crippen LogP contribution in [-0.2, 0) is 13.6 Å².